The predicted octanol–water partition coefficient (Wildman–Crippen LogP) is 4.77. The first-order chi connectivity index (χ1) is 14.0. The molecule has 0 aliphatic rings. The molecule has 0 aliphatic carbocycles. The van der Waals surface area contributed by atoms with Gasteiger partial charge in [-0.25, -0.2) is 4.98 Å². The molecule has 0 unspecified atom stereocenters. The normalized spacial score (nSPS) is 11.2. The van der Waals surface area contributed by atoms with Crippen molar-refractivity contribution in [1.29, 1.82) is 0 Å². The van der Waals surface area contributed by atoms with E-state index in [0.29, 0.717) is 22.4 Å². The van der Waals surface area contributed by atoms with Crippen LogP contribution < -0.4 is 5.56 Å². The summed E-state index contributed by atoms with van der Waals surface area (Å²) in [5, 5.41) is 11.4. The number of benzene rings is 3. The Hall–Kier alpha value is -4.06. The lowest BCUT2D eigenvalue weighted by Crippen LogP contribution is -2.22. The molecule has 0 bridgehead atoms. The van der Waals surface area contributed by atoms with Crippen LogP contribution >= 0.6 is 0 Å². The van der Waals surface area contributed by atoms with E-state index >= 15 is 0 Å². The Morgan fingerprint density at radius 3 is 2.31 bits per heavy atom. The second-order valence-electron chi connectivity index (χ2n) is 6.65. The molecule has 0 aliphatic heterocycles. The van der Waals surface area contributed by atoms with E-state index in [1.165, 1.54) is 16.7 Å². The van der Waals surface area contributed by atoms with Gasteiger partial charge in [0.1, 0.15) is 5.82 Å². The molecule has 0 N–H and O–H groups in total. The Morgan fingerprint density at radius 1 is 0.931 bits per heavy atom. The van der Waals surface area contributed by atoms with E-state index in [4.69, 9.17) is 0 Å². The Morgan fingerprint density at radius 2 is 1.62 bits per heavy atom. The second-order valence-corrected chi connectivity index (χ2v) is 6.65. The molecule has 6 nitrogen and oxygen atoms in total. The molecular weight excluding hydrogens is 366 g/mol. The van der Waals surface area contributed by atoms with Crippen LogP contribution in [0, 0.1) is 17.0 Å². The molecule has 0 radical (unpaired) electrons. The third-order valence-corrected chi connectivity index (χ3v) is 4.62. The number of rotatable bonds is 4. The van der Waals surface area contributed by atoms with E-state index in [1.54, 1.807) is 36.4 Å². The van der Waals surface area contributed by atoms with E-state index in [9.17, 15) is 14.9 Å². The Labute approximate surface area is 166 Å². The summed E-state index contributed by atoms with van der Waals surface area (Å²) in [5.41, 5.74) is 2.99. The average Bonchev–Trinajstić information content (AvgIpc) is 2.73. The summed E-state index contributed by atoms with van der Waals surface area (Å²) in [6, 6.07) is 21.0. The quantitative estimate of drug-likeness (QED) is 0.375. The molecule has 4 rings (SSSR count). The highest BCUT2D eigenvalue weighted by molar-refractivity contribution is 5.80. The van der Waals surface area contributed by atoms with E-state index < -0.39 is 4.92 Å². The number of nitrogens with zero attached hydrogens (tertiary/aromatic N) is 3. The van der Waals surface area contributed by atoms with Crippen molar-refractivity contribution in [3.8, 4) is 5.69 Å². The van der Waals surface area contributed by atoms with Crippen molar-refractivity contribution < 1.29 is 4.92 Å². The van der Waals surface area contributed by atoms with Gasteiger partial charge in [-0.1, -0.05) is 48.0 Å². The average molecular weight is 383 g/mol. The summed E-state index contributed by atoms with van der Waals surface area (Å²) in [4.78, 5) is 28.3. The number of nitro benzene ring substituents is 1. The summed E-state index contributed by atoms with van der Waals surface area (Å²) in [7, 11) is 0. The summed E-state index contributed by atoms with van der Waals surface area (Å²) in [5.74, 6) is 0.447. The van der Waals surface area contributed by atoms with E-state index in [0.717, 1.165) is 11.1 Å². The number of non-ortho nitro benzene ring substituents is 1. The Balaban J connectivity index is 1.89. The third kappa shape index (κ3) is 3.68. The molecule has 0 atom stereocenters. The number of nitro groups is 1. The van der Waals surface area contributed by atoms with Gasteiger partial charge in [0.25, 0.3) is 11.2 Å². The zero-order valence-electron chi connectivity index (χ0n) is 15.6. The lowest BCUT2D eigenvalue weighted by Gasteiger charge is -2.11. The number of aromatic nitrogens is 2. The van der Waals surface area contributed by atoms with Gasteiger partial charge in [-0.15, -0.1) is 0 Å². The summed E-state index contributed by atoms with van der Waals surface area (Å²) >= 11 is 0. The maximum atomic E-state index is 13.2. The number of hydrogen-bond donors (Lipinski definition) is 0. The molecule has 0 amide bonds. The highest BCUT2D eigenvalue weighted by atomic mass is 16.6. The van der Waals surface area contributed by atoms with Crippen molar-refractivity contribution in [1.82, 2.24) is 9.55 Å². The molecule has 3 aromatic carbocycles. The van der Waals surface area contributed by atoms with Crippen LogP contribution in [0.2, 0.25) is 0 Å². The van der Waals surface area contributed by atoms with Crippen LogP contribution in [0.25, 0.3) is 28.7 Å². The van der Waals surface area contributed by atoms with E-state index in [2.05, 4.69) is 4.98 Å². The van der Waals surface area contributed by atoms with Crippen LogP contribution in [0.5, 0.6) is 0 Å². The van der Waals surface area contributed by atoms with Crippen LogP contribution in [0.1, 0.15) is 17.0 Å². The Kier molecular flexibility index (Phi) is 4.75. The molecule has 4 aromatic rings. The van der Waals surface area contributed by atoms with Crippen LogP contribution in [-0.2, 0) is 0 Å². The highest BCUT2D eigenvalue weighted by Gasteiger charge is 2.12. The number of hydrogen-bond acceptors (Lipinski definition) is 4. The first-order valence-corrected chi connectivity index (χ1v) is 9.04. The maximum Gasteiger partial charge on any atom is 0.269 e. The van der Waals surface area contributed by atoms with Gasteiger partial charge in [-0.3, -0.25) is 19.5 Å². The minimum Gasteiger partial charge on any atom is -0.268 e. The molecule has 29 heavy (non-hydrogen) atoms. The lowest BCUT2D eigenvalue weighted by molar-refractivity contribution is -0.384. The van der Waals surface area contributed by atoms with Gasteiger partial charge in [-0.2, -0.15) is 0 Å². The van der Waals surface area contributed by atoms with Crippen molar-refractivity contribution in [2.45, 2.75) is 6.92 Å². The fraction of sp³-hybridized carbons (Fsp3) is 0.0435. The van der Waals surface area contributed by atoms with Crippen molar-refractivity contribution in [2.75, 3.05) is 0 Å². The minimum atomic E-state index is -0.469. The van der Waals surface area contributed by atoms with E-state index in [-0.39, 0.29) is 11.2 Å². The molecule has 142 valence electrons. The van der Waals surface area contributed by atoms with Gasteiger partial charge in [0.15, 0.2) is 0 Å². The molecule has 1 aromatic heterocycles. The fourth-order valence-electron chi connectivity index (χ4n) is 3.08. The van der Waals surface area contributed by atoms with Crippen LogP contribution in [0.3, 0.4) is 0 Å². The maximum absolute atomic E-state index is 13.2. The second kappa shape index (κ2) is 7.52. The molecule has 0 fully saturated rings. The van der Waals surface area contributed by atoms with Crippen LogP contribution in [0.4, 0.5) is 5.69 Å². The largest absolute Gasteiger partial charge is 0.269 e. The summed E-state index contributed by atoms with van der Waals surface area (Å²) in [6.45, 7) is 2.02. The van der Waals surface area contributed by atoms with E-state index in [1.807, 2.05) is 43.3 Å². The fourth-order valence-corrected chi connectivity index (χ4v) is 3.08. The zero-order valence-corrected chi connectivity index (χ0v) is 15.6. The molecule has 6 heteroatoms. The first-order valence-electron chi connectivity index (χ1n) is 9.04. The SMILES string of the molecule is Cc1ccc(C=Cc2nc3ccccc3c(=O)n2-c2ccc([N+](=O)[O-])cc2)cc1. The summed E-state index contributed by atoms with van der Waals surface area (Å²) < 4.78 is 1.47. The zero-order chi connectivity index (χ0) is 20.4. The van der Waals surface area contributed by atoms with Gasteiger partial charge >= 0.3 is 0 Å². The molecule has 1 heterocycles. The number of aryl methyl sites for hydroxylation is 1. The first kappa shape index (κ1) is 18.3. The molecular formula is C23H17N3O3. The smallest absolute Gasteiger partial charge is 0.268 e. The van der Waals surface area contributed by atoms with Gasteiger partial charge in [0.05, 0.1) is 21.5 Å². The van der Waals surface area contributed by atoms with Crippen LogP contribution in [-0.4, -0.2) is 14.5 Å². The molecule has 0 spiro atoms. The van der Waals surface area contributed by atoms with Crippen molar-refractivity contribution >= 4 is 28.7 Å². The van der Waals surface area contributed by atoms with Gasteiger partial charge in [0.2, 0.25) is 0 Å². The van der Waals surface area contributed by atoms with Crippen molar-refractivity contribution in [3.63, 3.8) is 0 Å². The minimum absolute atomic E-state index is 0.0349. The van der Waals surface area contributed by atoms with Crippen molar-refractivity contribution in [3.05, 3.63) is 110 Å². The molecule has 0 saturated heterocycles. The van der Waals surface area contributed by atoms with Crippen LogP contribution in [0.15, 0.2) is 77.6 Å². The molecule has 0 saturated carbocycles. The van der Waals surface area contributed by atoms with Gasteiger partial charge in [0, 0.05) is 12.1 Å². The predicted molar refractivity (Wildman–Crippen MR) is 114 cm³/mol. The monoisotopic (exact) mass is 383 g/mol. The van der Waals surface area contributed by atoms with Crippen molar-refractivity contribution in [2.24, 2.45) is 0 Å². The highest BCUT2D eigenvalue weighted by Crippen LogP contribution is 2.18. The topological polar surface area (TPSA) is 78.0 Å². The number of fused-ring (bicyclic) bond motifs is 1. The standard InChI is InChI=1S/C23H17N3O3/c1-16-6-8-17(9-7-16)10-15-22-24-21-5-3-2-4-20(21)23(27)25(22)18-11-13-19(14-12-18)26(28)29/h2-15H,1H3. The van der Waals surface area contributed by atoms with Gasteiger partial charge in [-0.05, 0) is 42.8 Å². The third-order valence-electron chi connectivity index (χ3n) is 4.62. The number of para-hydroxylation sites is 1. The summed E-state index contributed by atoms with van der Waals surface area (Å²) in [6.07, 6.45) is 3.66. The van der Waals surface area contributed by atoms with Gasteiger partial charge < -0.3 is 0 Å². The Bertz CT molecular complexity index is 1290. The lowest BCUT2D eigenvalue weighted by atomic mass is 10.1.